The molecule has 0 spiro atoms. The van der Waals surface area contributed by atoms with Gasteiger partial charge < -0.3 is 5.11 Å². The molecule has 0 aromatic carbocycles. The molecule has 5 heteroatoms. The van der Waals surface area contributed by atoms with Crippen LogP contribution in [0.5, 0.6) is 0 Å². The predicted molar refractivity (Wildman–Crippen MR) is 26.3 cm³/mol. The lowest BCUT2D eigenvalue weighted by Gasteiger charge is -1.89. The molecular weight excluding hydrogens is 112 g/mol. The van der Waals surface area contributed by atoms with Crippen molar-refractivity contribution in [3.63, 3.8) is 0 Å². The normalized spacial score (nSPS) is 8.50. The molecule has 0 unspecified atom stereocenters. The lowest BCUT2D eigenvalue weighted by molar-refractivity contribution is -0.135. The molecule has 0 amide bonds. The smallest absolute Gasteiger partial charge is 0.317 e. The van der Waals surface area contributed by atoms with Crippen molar-refractivity contribution in [2.24, 2.45) is 5.18 Å². The van der Waals surface area contributed by atoms with Gasteiger partial charge in [-0.1, -0.05) is 5.18 Å². The molecule has 0 aromatic heterocycles. The van der Waals surface area contributed by atoms with Gasteiger partial charge in [0.2, 0.25) is 0 Å². The number of nitrogens with one attached hydrogen (secondary N) is 1. The van der Waals surface area contributed by atoms with Crippen molar-refractivity contribution in [2.45, 2.75) is 0 Å². The highest BCUT2D eigenvalue weighted by molar-refractivity contribution is 5.68. The molecule has 0 aliphatic rings. The number of nitroso groups, excluding NO2 is 1. The fourth-order valence-electron chi connectivity index (χ4n) is 0.208. The van der Waals surface area contributed by atoms with Gasteiger partial charge in [-0.05, 0) is 0 Å². The van der Waals surface area contributed by atoms with E-state index in [1.165, 1.54) is 0 Å². The second kappa shape index (κ2) is 4.20. The van der Waals surface area contributed by atoms with E-state index < -0.39 is 5.97 Å². The molecule has 0 aromatic rings. The maximum atomic E-state index is 9.67. The second-order valence-corrected chi connectivity index (χ2v) is 1.11. The molecule has 5 nitrogen and oxygen atoms in total. The Morgan fingerprint density at radius 2 is 2.38 bits per heavy atom. The summed E-state index contributed by atoms with van der Waals surface area (Å²) in [6, 6.07) is 0. The lowest BCUT2D eigenvalue weighted by Crippen LogP contribution is -2.21. The summed E-state index contributed by atoms with van der Waals surface area (Å²) in [6.07, 6.45) is 0. The number of hydrogen-bond donors (Lipinski definition) is 2. The number of carboxylic acids is 1. The van der Waals surface area contributed by atoms with E-state index in [1.54, 1.807) is 0 Å². The van der Waals surface area contributed by atoms with Crippen LogP contribution in [0, 0.1) is 4.91 Å². The molecule has 0 saturated carbocycles. The third kappa shape index (κ3) is 5.03. The first kappa shape index (κ1) is 7.03. The van der Waals surface area contributed by atoms with Gasteiger partial charge in [0.15, 0.2) is 0 Å². The fraction of sp³-hybridized carbons (Fsp3) is 0.667. The summed E-state index contributed by atoms with van der Waals surface area (Å²) in [5.74, 6) is -0.992. The minimum Gasteiger partial charge on any atom is -0.480 e. The summed E-state index contributed by atoms with van der Waals surface area (Å²) < 4.78 is 0. The molecule has 0 fully saturated rings. The quantitative estimate of drug-likeness (QED) is 0.381. The summed E-state index contributed by atoms with van der Waals surface area (Å²) in [7, 11) is 0. The molecule has 8 heavy (non-hydrogen) atoms. The molecule has 0 bridgehead atoms. The first-order valence-corrected chi connectivity index (χ1v) is 1.99. The first-order chi connectivity index (χ1) is 3.77. The van der Waals surface area contributed by atoms with E-state index in [0.717, 1.165) is 0 Å². The van der Waals surface area contributed by atoms with Gasteiger partial charge in [0.05, 0.1) is 6.54 Å². The zero-order chi connectivity index (χ0) is 6.41. The van der Waals surface area contributed by atoms with Crippen LogP contribution in [-0.2, 0) is 4.79 Å². The van der Waals surface area contributed by atoms with Gasteiger partial charge in [-0.25, -0.2) is 0 Å². The highest BCUT2D eigenvalue weighted by atomic mass is 16.4. The molecule has 2 N–H and O–H groups in total. The van der Waals surface area contributed by atoms with Crippen LogP contribution in [0.1, 0.15) is 0 Å². The number of carboxylic acid groups (broad SMARTS) is 1. The van der Waals surface area contributed by atoms with E-state index in [-0.39, 0.29) is 13.2 Å². The Kier molecular flexibility index (Phi) is 3.69. The summed E-state index contributed by atoms with van der Waals surface area (Å²) in [5.41, 5.74) is 0. The number of rotatable bonds is 4. The van der Waals surface area contributed by atoms with Crippen LogP contribution >= 0.6 is 0 Å². The molecule has 0 radical (unpaired) electrons. The van der Waals surface area contributed by atoms with Crippen LogP contribution < -0.4 is 5.32 Å². The second-order valence-electron chi connectivity index (χ2n) is 1.11. The largest absolute Gasteiger partial charge is 0.480 e. The monoisotopic (exact) mass is 118 g/mol. The van der Waals surface area contributed by atoms with E-state index in [0.29, 0.717) is 0 Å². The third-order valence-corrected chi connectivity index (χ3v) is 0.453. The van der Waals surface area contributed by atoms with E-state index in [4.69, 9.17) is 5.11 Å². The Morgan fingerprint density at radius 3 is 2.75 bits per heavy atom. The average Bonchev–Trinajstić information content (AvgIpc) is 1.66. The number of aliphatic carboxylic acids is 1. The van der Waals surface area contributed by atoms with E-state index in [2.05, 4.69) is 10.5 Å². The molecule has 0 aliphatic heterocycles. The zero-order valence-electron chi connectivity index (χ0n) is 4.13. The van der Waals surface area contributed by atoms with E-state index >= 15 is 0 Å². The van der Waals surface area contributed by atoms with Crippen molar-refractivity contribution in [1.82, 2.24) is 5.32 Å². The minimum absolute atomic E-state index is 0.147. The Labute approximate surface area is 45.7 Å². The van der Waals surface area contributed by atoms with Crippen LogP contribution in [0.4, 0.5) is 0 Å². The number of hydrogen-bond acceptors (Lipinski definition) is 4. The maximum Gasteiger partial charge on any atom is 0.317 e. The van der Waals surface area contributed by atoms with Gasteiger partial charge in [0, 0.05) is 0 Å². The van der Waals surface area contributed by atoms with Gasteiger partial charge in [0.1, 0.15) is 6.67 Å². The van der Waals surface area contributed by atoms with Gasteiger partial charge in [-0.3, -0.25) is 10.1 Å². The van der Waals surface area contributed by atoms with E-state index in [1.807, 2.05) is 0 Å². The molecule has 0 aliphatic carbocycles. The molecule has 46 valence electrons. The molecule has 0 heterocycles. The van der Waals surface area contributed by atoms with E-state index in [9.17, 15) is 9.70 Å². The summed E-state index contributed by atoms with van der Waals surface area (Å²) in [4.78, 5) is 18.9. The van der Waals surface area contributed by atoms with Crippen LogP contribution in [0.25, 0.3) is 0 Å². The lowest BCUT2D eigenvalue weighted by atomic mass is 10.7. The maximum absolute atomic E-state index is 9.67. The zero-order valence-corrected chi connectivity index (χ0v) is 4.13. The van der Waals surface area contributed by atoms with Crippen molar-refractivity contribution in [2.75, 3.05) is 13.2 Å². The summed E-state index contributed by atoms with van der Waals surface area (Å²) in [5, 5.41) is 12.6. The van der Waals surface area contributed by atoms with Gasteiger partial charge in [-0.2, -0.15) is 0 Å². The number of nitrogens with zero attached hydrogens (tertiary/aromatic N) is 1. The highest BCUT2D eigenvalue weighted by Gasteiger charge is 1.91. The van der Waals surface area contributed by atoms with Crippen LogP contribution in [0.2, 0.25) is 0 Å². The van der Waals surface area contributed by atoms with Crippen molar-refractivity contribution < 1.29 is 9.90 Å². The predicted octanol–water partition coefficient (Wildman–Crippen LogP) is -0.615. The standard InChI is InChI=1S/C3H6N2O3/c6-3(7)1-4-2-5-8/h4H,1-2H2,(H,6,7). The molecule has 0 atom stereocenters. The van der Waals surface area contributed by atoms with Crippen LogP contribution in [-0.4, -0.2) is 24.3 Å². The van der Waals surface area contributed by atoms with Gasteiger partial charge in [0.25, 0.3) is 0 Å². The SMILES string of the molecule is O=NCNCC(=O)O. The minimum atomic E-state index is -0.992. The summed E-state index contributed by atoms with van der Waals surface area (Å²) in [6.45, 7) is -0.363. The fourth-order valence-corrected chi connectivity index (χ4v) is 0.208. The summed E-state index contributed by atoms with van der Waals surface area (Å²) >= 11 is 0. The number of carbonyl (C=O) groups is 1. The van der Waals surface area contributed by atoms with Crippen LogP contribution in [0.3, 0.4) is 0 Å². The van der Waals surface area contributed by atoms with Crippen molar-refractivity contribution in [3.05, 3.63) is 4.91 Å². The molecule has 0 saturated heterocycles. The van der Waals surface area contributed by atoms with Crippen LogP contribution in [0.15, 0.2) is 5.18 Å². The topological polar surface area (TPSA) is 78.8 Å². The van der Waals surface area contributed by atoms with Gasteiger partial charge >= 0.3 is 5.97 Å². The van der Waals surface area contributed by atoms with Gasteiger partial charge in [-0.15, -0.1) is 4.91 Å². The van der Waals surface area contributed by atoms with Crippen molar-refractivity contribution >= 4 is 5.97 Å². The third-order valence-electron chi connectivity index (χ3n) is 0.453. The highest BCUT2D eigenvalue weighted by Crippen LogP contribution is 1.60. The van der Waals surface area contributed by atoms with Crippen molar-refractivity contribution in [1.29, 1.82) is 0 Å². The Morgan fingerprint density at radius 1 is 1.75 bits per heavy atom. The average molecular weight is 118 g/mol. The Bertz CT molecular complexity index is 92.5. The Hall–Kier alpha value is -0.970. The molecular formula is C3H6N2O3. The van der Waals surface area contributed by atoms with Crippen molar-refractivity contribution in [3.8, 4) is 0 Å². The molecule has 0 rings (SSSR count). The Balaban J connectivity index is 2.93. The first-order valence-electron chi connectivity index (χ1n) is 1.99.